The van der Waals surface area contributed by atoms with Crippen molar-refractivity contribution in [2.45, 2.75) is 6.54 Å². The van der Waals surface area contributed by atoms with Crippen molar-refractivity contribution < 1.29 is 5.11 Å². The monoisotopic (exact) mass is 256 g/mol. The highest BCUT2D eigenvalue weighted by atomic mass is 32.1. The highest BCUT2D eigenvalue weighted by molar-refractivity contribution is 7.13. The number of hydrogen-bond donors (Lipinski definition) is 2. The summed E-state index contributed by atoms with van der Waals surface area (Å²) in [4.78, 5) is 4.17. The van der Waals surface area contributed by atoms with Gasteiger partial charge in [0.2, 0.25) is 0 Å². The lowest BCUT2D eigenvalue weighted by Crippen LogP contribution is -2.00. The summed E-state index contributed by atoms with van der Waals surface area (Å²) < 4.78 is 0. The Bertz CT molecular complexity index is 665. The van der Waals surface area contributed by atoms with E-state index in [2.05, 4.69) is 10.3 Å². The van der Waals surface area contributed by atoms with E-state index in [4.69, 9.17) is 0 Å². The molecule has 0 atom stereocenters. The molecule has 2 aromatic carbocycles. The summed E-state index contributed by atoms with van der Waals surface area (Å²) in [5.41, 5.74) is 0.906. The number of hydrogen-bond acceptors (Lipinski definition) is 4. The average Bonchev–Trinajstić information content (AvgIpc) is 2.91. The van der Waals surface area contributed by atoms with Gasteiger partial charge in [-0.15, -0.1) is 11.3 Å². The van der Waals surface area contributed by atoms with E-state index in [1.54, 1.807) is 23.6 Å². The maximum Gasteiger partial charge on any atom is 0.182 e. The van der Waals surface area contributed by atoms with E-state index in [-0.39, 0.29) is 0 Å². The van der Waals surface area contributed by atoms with Crippen LogP contribution in [-0.2, 0) is 6.54 Å². The van der Waals surface area contributed by atoms with Crippen molar-refractivity contribution in [2.75, 3.05) is 5.32 Å². The Labute approximate surface area is 109 Å². The summed E-state index contributed by atoms with van der Waals surface area (Å²) >= 11 is 1.55. The predicted octanol–water partition coefficient (Wildman–Crippen LogP) is 3.61. The summed E-state index contributed by atoms with van der Waals surface area (Å²) in [6.07, 6.45) is 1.76. The first-order valence-corrected chi connectivity index (χ1v) is 6.55. The normalized spacial score (nSPS) is 10.7. The Hall–Kier alpha value is -2.07. The maximum absolute atomic E-state index is 9.98. The van der Waals surface area contributed by atoms with E-state index in [1.165, 1.54) is 0 Å². The van der Waals surface area contributed by atoms with Crippen LogP contribution in [0, 0.1) is 0 Å². The molecule has 4 heteroatoms. The van der Waals surface area contributed by atoms with Gasteiger partial charge in [0.1, 0.15) is 5.75 Å². The SMILES string of the molecule is Oc1ccc2ccccc2c1CNc1nccs1. The number of benzene rings is 2. The minimum Gasteiger partial charge on any atom is -0.508 e. The van der Waals surface area contributed by atoms with E-state index >= 15 is 0 Å². The molecular formula is C14H12N2OS. The minimum absolute atomic E-state index is 0.317. The number of nitrogens with zero attached hydrogens (tertiary/aromatic N) is 1. The molecule has 1 heterocycles. The number of rotatable bonds is 3. The molecule has 0 aliphatic carbocycles. The molecular weight excluding hydrogens is 244 g/mol. The van der Waals surface area contributed by atoms with Crippen molar-refractivity contribution >= 4 is 27.2 Å². The zero-order valence-electron chi connectivity index (χ0n) is 9.63. The van der Waals surface area contributed by atoms with Crippen LogP contribution in [0.3, 0.4) is 0 Å². The van der Waals surface area contributed by atoms with Crippen molar-refractivity contribution in [3.63, 3.8) is 0 Å². The Morgan fingerprint density at radius 3 is 2.89 bits per heavy atom. The van der Waals surface area contributed by atoms with Gasteiger partial charge < -0.3 is 10.4 Å². The second-order valence-electron chi connectivity index (χ2n) is 3.98. The fourth-order valence-corrected chi connectivity index (χ4v) is 2.51. The first-order valence-electron chi connectivity index (χ1n) is 5.67. The van der Waals surface area contributed by atoms with Gasteiger partial charge in [0.25, 0.3) is 0 Å². The third-order valence-corrected chi connectivity index (χ3v) is 3.60. The second kappa shape index (κ2) is 4.66. The van der Waals surface area contributed by atoms with Crippen molar-refractivity contribution in [1.82, 2.24) is 4.98 Å². The van der Waals surface area contributed by atoms with E-state index < -0.39 is 0 Å². The topological polar surface area (TPSA) is 45.1 Å². The zero-order chi connectivity index (χ0) is 12.4. The second-order valence-corrected chi connectivity index (χ2v) is 4.87. The van der Waals surface area contributed by atoms with Crippen LogP contribution in [0.25, 0.3) is 10.8 Å². The number of thiazole rings is 1. The van der Waals surface area contributed by atoms with Crippen molar-refractivity contribution in [1.29, 1.82) is 0 Å². The Morgan fingerprint density at radius 1 is 1.17 bits per heavy atom. The molecule has 0 fully saturated rings. The molecule has 3 aromatic rings. The van der Waals surface area contributed by atoms with Crippen molar-refractivity contribution in [3.05, 3.63) is 53.5 Å². The van der Waals surface area contributed by atoms with Crippen molar-refractivity contribution in [3.8, 4) is 5.75 Å². The molecule has 0 radical (unpaired) electrons. The van der Waals surface area contributed by atoms with Crippen LogP contribution in [0.15, 0.2) is 48.0 Å². The van der Waals surface area contributed by atoms with Crippen LogP contribution in [0.2, 0.25) is 0 Å². The van der Waals surface area contributed by atoms with Crippen LogP contribution < -0.4 is 5.32 Å². The molecule has 0 saturated heterocycles. The summed E-state index contributed by atoms with van der Waals surface area (Å²) in [6.45, 7) is 0.570. The summed E-state index contributed by atoms with van der Waals surface area (Å²) in [7, 11) is 0. The molecule has 3 nitrogen and oxygen atoms in total. The van der Waals surface area contributed by atoms with Crippen LogP contribution >= 0.6 is 11.3 Å². The number of aromatic nitrogens is 1. The lowest BCUT2D eigenvalue weighted by Gasteiger charge is -2.09. The maximum atomic E-state index is 9.98. The number of anilines is 1. The molecule has 1 aromatic heterocycles. The van der Waals surface area contributed by atoms with Gasteiger partial charge in [-0.3, -0.25) is 0 Å². The van der Waals surface area contributed by atoms with Gasteiger partial charge in [0.05, 0.1) is 0 Å². The Morgan fingerprint density at radius 2 is 2.06 bits per heavy atom. The molecule has 3 rings (SSSR count). The van der Waals surface area contributed by atoms with Gasteiger partial charge in [0, 0.05) is 23.7 Å². The molecule has 0 aliphatic rings. The first-order chi connectivity index (χ1) is 8.84. The average molecular weight is 256 g/mol. The van der Waals surface area contributed by atoms with E-state index in [0.717, 1.165) is 21.5 Å². The zero-order valence-corrected chi connectivity index (χ0v) is 10.4. The molecule has 0 unspecified atom stereocenters. The number of phenols is 1. The van der Waals surface area contributed by atoms with E-state index in [1.807, 2.05) is 35.7 Å². The highest BCUT2D eigenvalue weighted by Gasteiger charge is 2.06. The van der Waals surface area contributed by atoms with Gasteiger partial charge in [-0.1, -0.05) is 30.3 Å². The minimum atomic E-state index is 0.317. The summed E-state index contributed by atoms with van der Waals surface area (Å²) in [6, 6.07) is 11.7. The number of phenolic OH excluding ortho intramolecular Hbond substituents is 1. The fourth-order valence-electron chi connectivity index (χ4n) is 1.98. The molecule has 2 N–H and O–H groups in total. The lowest BCUT2D eigenvalue weighted by atomic mass is 10.0. The van der Waals surface area contributed by atoms with Crippen LogP contribution in [0.5, 0.6) is 5.75 Å². The number of nitrogens with one attached hydrogen (secondary N) is 1. The van der Waals surface area contributed by atoms with Gasteiger partial charge in [0.15, 0.2) is 5.13 Å². The summed E-state index contributed by atoms with van der Waals surface area (Å²) in [5, 5.41) is 18.2. The van der Waals surface area contributed by atoms with Crippen molar-refractivity contribution in [2.24, 2.45) is 0 Å². The fraction of sp³-hybridized carbons (Fsp3) is 0.0714. The molecule has 0 spiro atoms. The van der Waals surface area contributed by atoms with Gasteiger partial charge >= 0.3 is 0 Å². The standard InChI is InChI=1S/C14H12N2OS/c17-13-6-5-10-3-1-2-4-11(10)12(13)9-16-14-15-7-8-18-14/h1-8,17H,9H2,(H,15,16). The Balaban J connectivity index is 1.97. The molecule has 90 valence electrons. The molecule has 0 bridgehead atoms. The van der Waals surface area contributed by atoms with Gasteiger partial charge in [-0.2, -0.15) is 0 Å². The Kier molecular flexibility index (Phi) is 2.86. The first kappa shape index (κ1) is 11.0. The van der Waals surface area contributed by atoms with Gasteiger partial charge in [-0.05, 0) is 16.8 Å². The largest absolute Gasteiger partial charge is 0.508 e. The van der Waals surface area contributed by atoms with Crippen LogP contribution in [-0.4, -0.2) is 10.1 Å². The molecule has 18 heavy (non-hydrogen) atoms. The number of aromatic hydroxyl groups is 1. The third-order valence-electron chi connectivity index (χ3n) is 2.86. The molecule has 0 saturated carbocycles. The van der Waals surface area contributed by atoms with Crippen LogP contribution in [0.4, 0.5) is 5.13 Å². The molecule has 0 amide bonds. The van der Waals surface area contributed by atoms with Crippen LogP contribution in [0.1, 0.15) is 5.56 Å². The lowest BCUT2D eigenvalue weighted by molar-refractivity contribution is 0.470. The number of fused-ring (bicyclic) bond motifs is 1. The molecule has 0 aliphatic heterocycles. The van der Waals surface area contributed by atoms with E-state index in [9.17, 15) is 5.11 Å². The van der Waals surface area contributed by atoms with E-state index in [0.29, 0.717) is 12.3 Å². The highest BCUT2D eigenvalue weighted by Crippen LogP contribution is 2.28. The van der Waals surface area contributed by atoms with Gasteiger partial charge in [-0.25, -0.2) is 4.98 Å². The smallest absolute Gasteiger partial charge is 0.182 e. The quantitative estimate of drug-likeness (QED) is 0.752. The third kappa shape index (κ3) is 2.02. The predicted molar refractivity (Wildman–Crippen MR) is 75.1 cm³/mol. The summed E-state index contributed by atoms with van der Waals surface area (Å²) in [5.74, 6) is 0.317.